The Kier molecular flexibility index (Phi) is 5.58. The molecule has 2 aliphatic rings. The van der Waals surface area contributed by atoms with Crippen molar-refractivity contribution in [1.82, 2.24) is 4.90 Å². The molecule has 24 heavy (non-hydrogen) atoms. The summed E-state index contributed by atoms with van der Waals surface area (Å²) in [7, 11) is 3.49. The molecule has 3 nitrogen and oxygen atoms in total. The topological polar surface area (TPSA) is 21.7 Å². The van der Waals surface area contributed by atoms with Crippen molar-refractivity contribution in [1.29, 1.82) is 0 Å². The minimum atomic E-state index is -0.0794. The summed E-state index contributed by atoms with van der Waals surface area (Å²) < 4.78 is 25.5. The zero-order valence-corrected chi connectivity index (χ0v) is 15.2. The van der Waals surface area contributed by atoms with Crippen LogP contribution < -0.4 is 0 Å². The van der Waals surface area contributed by atoms with E-state index in [0.717, 1.165) is 42.5 Å². The Morgan fingerprint density at radius 1 is 1.29 bits per heavy atom. The second kappa shape index (κ2) is 7.51. The lowest BCUT2D eigenvalue weighted by Gasteiger charge is -2.46. The summed E-state index contributed by atoms with van der Waals surface area (Å²) in [6.45, 7) is 4.43. The second-order valence-electron chi connectivity index (χ2n) is 7.38. The third-order valence-electron chi connectivity index (χ3n) is 5.98. The van der Waals surface area contributed by atoms with Gasteiger partial charge in [0.25, 0.3) is 0 Å². The molecule has 0 radical (unpaired) electrons. The molecule has 1 aromatic rings. The second-order valence-corrected chi connectivity index (χ2v) is 7.38. The first-order chi connectivity index (χ1) is 11.6. The predicted octanol–water partition coefficient (Wildman–Crippen LogP) is 4.07. The molecule has 1 atom stereocenters. The minimum Gasteiger partial charge on any atom is -0.380 e. The maximum absolute atomic E-state index is 14.6. The van der Waals surface area contributed by atoms with Crippen LogP contribution in [0.5, 0.6) is 0 Å². The van der Waals surface area contributed by atoms with Crippen LogP contribution in [0.1, 0.15) is 55.7 Å². The molecule has 3 rings (SSSR count). The van der Waals surface area contributed by atoms with Crippen LogP contribution >= 0.6 is 0 Å². The van der Waals surface area contributed by atoms with Crippen molar-refractivity contribution in [2.45, 2.75) is 70.2 Å². The molecule has 0 spiro atoms. The smallest absolute Gasteiger partial charge is 0.128 e. The Bertz CT molecular complexity index is 565. The number of nitrogens with zero attached hydrogens (tertiary/aromatic N) is 1. The van der Waals surface area contributed by atoms with E-state index in [1.54, 1.807) is 13.2 Å². The maximum atomic E-state index is 14.6. The summed E-state index contributed by atoms with van der Waals surface area (Å²) in [4.78, 5) is 2.46. The molecule has 0 amide bonds. The van der Waals surface area contributed by atoms with Crippen LogP contribution in [0.25, 0.3) is 0 Å². The number of hydrogen-bond acceptors (Lipinski definition) is 3. The van der Waals surface area contributed by atoms with E-state index < -0.39 is 0 Å². The molecule has 0 N–H and O–H groups in total. The van der Waals surface area contributed by atoms with Gasteiger partial charge < -0.3 is 9.47 Å². The van der Waals surface area contributed by atoms with Gasteiger partial charge in [-0.15, -0.1) is 0 Å². The molecule has 1 aliphatic heterocycles. The Morgan fingerprint density at radius 2 is 2.08 bits per heavy atom. The van der Waals surface area contributed by atoms with Crippen LogP contribution in [0.15, 0.2) is 12.1 Å². The summed E-state index contributed by atoms with van der Waals surface area (Å²) >= 11 is 0. The molecule has 0 bridgehead atoms. The van der Waals surface area contributed by atoms with Gasteiger partial charge in [0.15, 0.2) is 0 Å². The van der Waals surface area contributed by atoms with Crippen LogP contribution in [0.4, 0.5) is 4.39 Å². The van der Waals surface area contributed by atoms with Crippen LogP contribution in [-0.2, 0) is 29.0 Å². The number of methoxy groups -OCH3 is 2. The Hall–Kier alpha value is -0.970. The number of rotatable bonds is 7. The number of hydrogen-bond donors (Lipinski definition) is 0. The number of benzene rings is 1. The lowest BCUT2D eigenvalue weighted by molar-refractivity contribution is -0.0938. The van der Waals surface area contributed by atoms with Gasteiger partial charge in [0.05, 0.1) is 12.2 Å². The van der Waals surface area contributed by atoms with E-state index in [1.807, 2.05) is 7.11 Å². The number of halogens is 1. The summed E-state index contributed by atoms with van der Waals surface area (Å²) in [6.07, 6.45) is 6.67. The van der Waals surface area contributed by atoms with Gasteiger partial charge >= 0.3 is 0 Å². The molecule has 1 aliphatic carbocycles. The average molecular weight is 335 g/mol. The summed E-state index contributed by atoms with van der Waals surface area (Å²) in [6, 6.07) is 4.22. The number of ether oxygens (including phenoxy) is 2. The van der Waals surface area contributed by atoms with Crippen molar-refractivity contribution in [2.24, 2.45) is 0 Å². The highest BCUT2D eigenvalue weighted by atomic mass is 19.1. The molecule has 1 heterocycles. The molecule has 0 aromatic heterocycles. The summed E-state index contributed by atoms with van der Waals surface area (Å²) in [5.41, 5.74) is 3.03. The van der Waals surface area contributed by atoms with Gasteiger partial charge in [-0.1, -0.05) is 13.0 Å². The van der Waals surface area contributed by atoms with E-state index in [0.29, 0.717) is 19.2 Å². The van der Waals surface area contributed by atoms with Gasteiger partial charge in [-0.2, -0.15) is 0 Å². The molecule has 0 saturated heterocycles. The summed E-state index contributed by atoms with van der Waals surface area (Å²) in [5, 5.41) is 0. The Morgan fingerprint density at radius 3 is 2.67 bits per heavy atom. The lowest BCUT2D eigenvalue weighted by Crippen LogP contribution is -2.48. The van der Waals surface area contributed by atoms with E-state index >= 15 is 0 Å². The molecular weight excluding hydrogens is 305 g/mol. The normalized spacial score (nSPS) is 21.2. The van der Waals surface area contributed by atoms with Crippen molar-refractivity contribution in [3.63, 3.8) is 0 Å². The highest BCUT2D eigenvalue weighted by Crippen LogP contribution is 2.41. The fourth-order valence-electron chi connectivity index (χ4n) is 4.29. The van der Waals surface area contributed by atoms with E-state index in [2.05, 4.69) is 17.9 Å². The zero-order chi connectivity index (χ0) is 17.2. The van der Waals surface area contributed by atoms with Crippen LogP contribution in [0.3, 0.4) is 0 Å². The van der Waals surface area contributed by atoms with Crippen LogP contribution in [0.2, 0.25) is 0 Å². The van der Waals surface area contributed by atoms with Gasteiger partial charge in [0.2, 0.25) is 0 Å². The Balaban J connectivity index is 1.73. The fraction of sp³-hybridized carbons (Fsp3) is 0.700. The predicted molar refractivity (Wildman–Crippen MR) is 93.5 cm³/mol. The first-order valence-corrected chi connectivity index (χ1v) is 9.19. The van der Waals surface area contributed by atoms with Crippen LogP contribution in [-0.4, -0.2) is 37.3 Å². The van der Waals surface area contributed by atoms with Gasteiger partial charge in [-0.05, 0) is 55.7 Å². The monoisotopic (exact) mass is 335 g/mol. The largest absolute Gasteiger partial charge is 0.380 e. The summed E-state index contributed by atoms with van der Waals surface area (Å²) in [5.74, 6) is -0.0794. The van der Waals surface area contributed by atoms with Gasteiger partial charge in [-0.25, -0.2) is 4.39 Å². The van der Waals surface area contributed by atoms with Gasteiger partial charge in [-0.3, -0.25) is 4.90 Å². The minimum absolute atomic E-state index is 0.0713. The number of fused-ring (bicyclic) bond motifs is 1. The first kappa shape index (κ1) is 17.8. The Labute approximate surface area is 145 Å². The quantitative estimate of drug-likeness (QED) is 0.750. The fourth-order valence-corrected chi connectivity index (χ4v) is 4.29. The van der Waals surface area contributed by atoms with Crippen molar-refractivity contribution < 1.29 is 13.9 Å². The standard InChI is InChI=1S/C20H30FNO2/c1-4-17(12-20(24-3)7-5-8-20)22-9-6-16-10-15(14-23-2)11-19(21)18(16)13-22/h10-11,17H,4-9,12-14H2,1-3H3. The van der Waals surface area contributed by atoms with Crippen molar-refractivity contribution in [2.75, 3.05) is 20.8 Å². The highest BCUT2D eigenvalue weighted by molar-refractivity contribution is 5.35. The average Bonchev–Trinajstić information content (AvgIpc) is 2.55. The highest BCUT2D eigenvalue weighted by Gasteiger charge is 2.40. The van der Waals surface area contributed by atoms with Gasteiger partial charge in [0, 0.05) is 38.9 Å². The van der Waals surface area contributed by atoms with Gasteiger partial charge in [0.1, 0.15) is 5.82 Å². The molecule has 1 fully saturated rings. The molecule has 1 aromatic carbocycles. The molecular formula is C20H30FNO2. The first-order valence-electron chi connectivity index (χ1n) is 9.19. The van der Waals surface area contributed by atoms with E-state index in [1.165, 1.54) is 19.3 Å². The van der Waals surface area contributed by atoms with Crippen molar-refractivity contribution in [3.8, 4) is 0 Å². The van der Waals surface area contributed by atoms with Crippen molar-refractivity contribution >= 4 is 0 Å². The van der Waals surface area contributed by atoms with Crippen molar-refractivity contribution in [3.05, 3.63) is 34.6 Å². The van der Waals surface area contributed by atoms with E-state index in [9.17, 15) is 4.39 Å². The van der Waals surface area contributed by atoms with E-state index in [-0.39, 0.29) is 11.4 Å². The third kappa shape index (κ3) is 3.51. The molecule has 1 unspecified atom stereocenters. The third-order valence-corrected chi connectivity index (χ3v) is 5.98. The zero-order valence-electron chi connectivity index (χ0n) is 15.2. The van der Waals surface area contributed by atoms with Crippen LogP contribution in [0, 0.1) is 5.82 Å². The lowest BCUT2D eigenvalue weighted by atomic mass is 9.75. The molecule has 134 valence electrons. The molecule has 1 saturated carbocycles. The maximum Gasteiger partial charge on any atom is 0.128 e. The van der Waals surface area contributed by atoms with E-state index in [4.69, 9.17) is 9.47 Å². The SMILES string of the molecule is CCC(CC1(OC)CCC1)N1CCc2cc(COC)cc(F)c2C1. The molecule has 4 heteroatoms.